The van der Waals surface area contributed by atoms with Crippen molar-refractivity contribution < 1.29 is 4.74 Å². The predicted octanol–water partition coefficient (Wildman–Crippen LogP) is 2.52. The highest BCUT2D eigenvalue weighted by atomic mass is 16.5. The average molecular weight is 346 g/mol. The van der Waals surface area contributed by atoms with Crippen molar-refractivity contribution in [3.8, 4) is 0 Å². The quantitative estimate of drug-likeness (QED) is 0.788. The van der Waals surface area contributed by atoms with Crippen LogP contribution in [0.25, 0.3) is 0 Å². The minimum atomic E-state index is 0.709. The molecule has 140 valence electrons. The van der Waals surface area contributed by atoms with E-state index >= 15 is 0 Å². The summed E-state index contributed by atoms with van der Waals surface area (Å²) in [5.74, 6) is 0.709. The number of nitrogens with zero attached hydrogens (tertiary/aromatic N) is 3. The fraction of sp³-hybridized carbons (Fsp3) is 0.714. The van der Waals surface area contributed by atoms with Gasteiger partial charge in [-0.25, -0.2) is 0 Å². The number of rotatable bonds is 6. The maximum Gasteiger partial charge on any atom is 0.0503 e. The Morgan fingerprint density at radius 2 is 1.56 bits per heavy atom. The molecule has 0 radical (unpaired) electrons. The molecule has 0 aromatic heterocycles. The van der Waals surface area contributed by atoms with Crippen molar-refractivity contribution in [3.05, 3.63) is 34.4 Å². The van der Waals surface area contributed by atoms with Gasteiger partial charge in [-0.05, 0) is 62.0 Å². The molecule has 2 saturated heterocycles. The Labute approximate surface area is 153 Å². The molecule has 25 heavy (non-hydrogen) atoms. The maximum atomic E-state index is 5.34. The number of hydrogen-bond donors (Lipinski definition) is 0. The van der Waals surface area contributed by atoms with E-state index in [1.807, 2.05) is 7.11 Å². The molecule has 4 nitrogen and oxygen atoms in total. The van der Waals surface area contributed by atoms with Gasteiger partial charge in [0.15, 0.2) is 0 Å². The van der Waals surface area contributed by atoms with Crippen LogP contribution in [-0.4, -0.2) is 74.7 Å². The number of likely N-dealkylation sites (tertiary alicyclic amines) is 1. The summed E-state index contributed by atoms with van der Waals surface area (Å²) in [7, 11) is 4.04. The molecule has 0 N–H and O–H groups in total. The molecule has 2 fully saturated rings. The van der Waals surface area contributed by atoms with E-state index in [0.29, 0.717) is 5.92 Å². The Morgan fingerprint density at radius 1 is 0.920 bits per heavy atom. The molecule has 3 rings (SSSR count). The fourth-order valence-corrected chi connectivity index (χ4v) is 4.20. The molecule has 2 aliphatic heterocycles. The minimum Gasteiger partial charge on any atom is -0.384 e. The van der Waals surface area contributed by atoms with Crippen LogP contribution in [0.2, 0.25) is 0 Å². The molecular formula is C21H35N3O. The van der Waals surface area contributed by atoms with E-state index in [1.165, 1.54) is 67.9 Å². The van der Waals surface area contributed by atoms with E-state index in [2.05, 4.69) is 47.7 Å². The maximum absolute atomic E-state index is 5.34. The molecular weight excluding hydrogens is 310 g/mol. The number of ether oxygens (including phenoxy) is 1. The first-order valence-electron chi connectivity index (χ1n) is 9.76. The van der Waals surface area contributed by atoms with Gasteiger partial charge in [0.2, 0.25) is 0 Å². The second-order valence-electron chi connectivity index (χ2n) is 8.13. The van der Waals surface area contributed by atoms with Crippen molar-refractivity contribution in [2.45, 2.75) is 33.4 Å². The van der Waals surface area contributed by atoms with Crippen LogP contribution in [0.1, 0.15) is 28.7 Å². The van der Waals surface area contributed by atoms with Crippen LogP contribution in [0.15, 0.2) is 12.1 Å². The number of likely N-dealkylation sites (N-methyl/N-ethyl adjacent to an activating group) is 1. The van der Waals surface area contributed by atoms with E-state index < -0.39 is 0 Å². The normalized spacial score (nSPS) is 23.4. The Bertz CT molecular complexity index is 567. The number of benzene rings is 1. The summed E-state index contributed by atoms with van der Waals surface area (Å²) in [6.07, 6.45) is 1.27. The van der Waals surface area contributed by atoms with Gasteiger partial charge in [0.25, 0.3) is 0 Å². The van der Waals surface area contributed by atoms with Crippen LogP contribution < -0.4 is 0 Å². The van der Waals surface area contributed by atoms with Crippen LogP contribution in [0.5, 0.6) is 0 Å². The molecule has 0 saturated carbocycles. The number of methoxy groups -OCH3 is 1. The van der Waals surface area contributed by atoms with Gasteiger partial charge in [0.05, 0.1) is 6.61 Å². The van der Waals surface area contributed by atoms with Crippen molar-refractivity contribution in [3.63, 3.8) is 0 Å². The summed E-state index contributed by atoms with van der Waals surface area (Å²) >= 11 is 0. The first-order valence-corrected chi connectivity index (χ1v) is 9.76. The highest BCUT2D eigenvalue weighted by molar-refractivity contribution is 5.37. The van der Waals surface area contributed by atoms with Gasteiger partial charge in [-0.3, -0.25) is 9.80 Å². The molecule has 0 bridgehead atoms. The lowest BCUT2D eigenvalue weighted by Gasteiger charge is -2.33. The topological polar surface area (TPSA) is 19.0 Å². The smallest absolute Gasteiger partial charge is 0.0503 e. The Kier molecular flexibility index (Phi) is 6.50. The number of hydrogen-bond acceptors (Lipinski definition) is 4. The molecule has 1 unspecified atom stereocenters. The Morgan fingerprint density at radius 3 is 2.20 bits per heavy atom. The number of aryl methyl sites for hydroxylation is 2. The van der Waals surface area contributed by atoms with Crippen LogP contribution in [0.3, 0.4) is 0 Å². The van der Waals surface area contributed by atoms with Crippen molar-refractivity contribution in [2.75, 3.05) is 60.0 Å². The first kappa shape index (κ1) is 18.8. The van der Waals surface area contributed by atoms with E-state index in [0.717, 1.165) is 19.7 Å². The summed E-state index contributed by atoms with van der Waals surface area (Å²) in [4.78, 5) is 7.63. The highest BCUT2D eigenvalue weighted by Gasteiger charge is 2.23. The third kappa shape index (κ3) is 5.04. The molecule has 2 aliphatic rings. The third-order valence-corrected chi connectivity index (χ3v) is 5.95. The summed E-state index contributed by atoms with van der Waals surface area (Å²) < 4.78 is 5.34. The molecule has 4 heteroatoms. The zero-order valence-electron chi connectivity index (χ0n) is 16.6. The summed E-state index contributed by atoms with van der Waals surface area (Å²) in [5, 5.41) is 0. The SMILES string of the molecule is COCC1CCN(Cc2cc(CN3CCN(C)CC3)c(C)cc2C)C1. The summed E-state index contributed by atoms with van der Waals surface area (Å²) in [5.41, 5.74) is 5.90. The van der Waals surface area contributed by atoms with Crippen LogP contribution in [0, 0.1) is 19.8 Å². The molecule has 2 heterocycles. The zero-order valence-corrected chi connectivity index (χ0v) is 16.6. The van der Waals surface area contributed by atoms with Gasteiger partial charge >= 0.3 is 0 Å². The molecule has 1 aromatic rings. The monoisotopic (exact) mass is 345 g/mol. The summed E-state index contributed by atoms with van der Waals surface area (Å²) in [6.45, 7) is 14.7. The largest absolute Gasteiger partial charge is 0.384 e. The van der Waals surface area contributed by atoms with E-state index in [1.54, 1.807) is 0 Å². The second-order valence-corrected chi connectivity index (χ2v) is 8.13. The average Bonchev–Trinajstić information content (AvgIpc) is 3.01. The fourth-order valence-electron chi connectivity index (χ4n) is 4.20. The second kappa shape index (κ2) is 8.63. The predicted molar refractivity (Wildman–Crippen MR) is 104 cm³/mol. The van der Waals surface area contributed by atoms with Crippen LogP contribution >= 0.6 is 0 Å². The molecule has 0 aliphatic carbocycles. The zero-order chi connectivity index (χ0) is 17.8. The van der Waals surface area contributed by atoms with Gasteiger partial charge in [0, 0.05) is 52.9 Å². The standard InChI is InChI=1S/C21H35N3O/c1-17-11-18(2)21(15-24-6-5-19(13-24)16-25-4)12-20(17)14-23-9-7-22(3)8-10-23/h11-12,19H,5-10,13-16H2,1-4H3. The Hall–Kier alpha value is -0.940. The number of piperazine rings is 1. The van der Waals surface area contributed by atoms with Crippen LogP contribution in [0.4, 0.5) is 0 Å². The van der Waals surface area contributed by atoms with Gasteiger partial charge in [-0.2, -0.15) is 0 Å². The Balaban J connectivity index is 1.64. The molecule has 0 amide bonds. The van der Waals surface area contributed by atoms with Crippen molar-refractivity contribution in [2.24, 2.45) is 5.92 Å². The van der Waals surface area contributed by atoms with E-state index in [9.17, 15) is 0 Å². The van der Waals surface area contributed by atoms with Crippen molar-refractivity contribution in [1.82, 2.24) is 14.7 Å². The van der Waals surface area contributed by atoms with Gasteiger partial charge in [0.1, 0.15) is 0 Å². The molecule has 0 spiro atoms. The third-order valence-electron chi connectivity index (χ3n) is 5.95. The highest BCUT2D eigenvalue weighted by Crippen LogP contribution is 2.23. The lowest BCUT2D eigenvalue weighted by Crippen LogP contribution is -2.44. The van der Waals surface area contributed by atoms with Crippen LogP contribution in [-0.2, 0) is 17.8 Å². The lowest BCUT2D eigenvalue weighted by molar-refractivity contribution is 0.148. The molecule has 1 atom stereocenters. The molecule has 1 aromatic carbocycles. The summed E-state index contributed by atoms with van der Waals surface area (Å²) in [6, 6.07) is 4.87. The van der Waals surface area contributed by atoms with Crippen molar-refractivity contribution >= 4 is 0 Å². The minimum absolute atomic E-state index is 0.709. The van der Waals surface area contributed by atoms with Crippen molar-refractivity contribution in [1.29, 1.82) is 0 Å². The van der Waals surface area contributed by atoms with E-state index in [-0.39, 0.29) is 0 Å². The van der Waals surface area contributed by atoms with Gasteiger partial charge in [-0.15, -0.1) is 0 Å². The van der Waals surface area contributed by atoms with E-state index in [4.69, 9.17) is 4.74 Å². The van der Waals surface area contributed by atoms with Gasteiger partial charge in [-0.1, -0.05) is 12.1 Å². The lowest BCUT2D eigenvalue weighted by atomic mass is 9.99. The van der Waals surface area contributed by atoms with Gasteiger partial charge < -0.3 is 9.64 Å². The first-order chi connectivity index (χ1) is 12.0.